The maximum Gasteiger partial charge on any atom is 0.123 e. The maximum atomic E-state index is 5.55. The molecule has 1 aliphatic rings. The lowest BCUT2D eigenvalue weighted by molar-refractivity contribution is 0.736. The molecule has 0 aromatic carbocycles. The Bertz CT molecular complexity index is 137. The average Bonchev–Trinajstić information content (AvgIpc) is 1.77. The van der Waals surface area contributed by atoms with E-state index in [-0.39, 0.29) is 0 Å². The monoisotopic (exact) mass is 129 g/mol. The Balaban J connectivity index is 2.58. The van der Waals surface area contributed by atoms with Crippen LogP contribution >= 0.6 is 11.6 Å². The van der Waals surface area contributed by atoms with Crippen molar-refractivity contribution in [3.8, 4) is 0 Å². The van der Waals surface area contributed by atoms with Crippen LogP contribution in [0.25, 0.3) is 0 Å². The van der Waals surface area contributed by atoms with E-state index in [9.17, 15) is 0 Å². The number of nitrogens with zero attached hydrogens (tertiary/aromatic N) is 1. The zero-order chi connectivity index (χ0) is 5.98. The molecule has 0 aromatic heterocycles. The topological polar surface area (TPSA) is 12.4 Å². The van der Waals surface area contributed by atoms with Crippen LogP contribution in [0.5, 0.6) is 0 Å². The third-order valence-corrected chi connectivity index (χ3v) is 1.34. The first-order chi connectivity index (χ1) is 3.79. The van der Waals surface area contributed by atoms with E-state index in [1.54, 1.807) is 0 Å². The molecule has 8 heavy (non-hydrogen) atoms. The van der Waals surface area contributed by atoms with E-state index in [2.05, 4.69) is 18.0 Å². The number of dihydropyridines is 1. The summed E-state index contributed by atoms with van der Waals surface area (Å²) in [6.07, 6.45) is 3.91. The molecule has 1 unspecified atom stereocenters. The van der Waals surface area contributed by atoms with Gasteiger partial charge in [-0.1, -0.05) is 24.6 Å². The van der Waals surface area contributed by atoms with E-state index in [1.807, 2.05) is 6.08 Å². The van der Waals surface area contributed by atoms with Crippen LogP contribution in [0.4, 0.5) is 0 Å². The highest BCUT2D eigenvalue weighted by atomic mass is 35.5. The van der Waals surface area contributed by atoms with Gasteiger partial charge in [0.2, 0.25) is 0 Å². The minimum atomic E-state index is 0.567. The second kappa shape index (κ2) is 2.31. The van der Waals surface area contributed by atoms with Crippen molar-refractivity contribution in [2.45, 2.75) is 6.92 Å². The van der Waals surface area contributed by atoms with E-state index >= 15 is 0 Å². The lowest BCUT2D eigenvalue weighted by atomic mass is 10.1. The number of rotatable bonds is 0. The molecule has 0 radical (unpaired) electrons. The Labute approximate surface area is 54.1 Å². The molecule has 0 spiro atoms. The molecule has 0 bridgehead atoms. The van der Waals surface area contributed by atoms with E-state index < -0.39 is 0 Å². The van der Waals surface area contributed by atoms with Crippen molar-refractivity contribution < 1.29 is 0 Å². The summed E-state index contributed by atoms with van der Waals surface area (Å²) in [4.78, 5) is 4.01. The van der Waals surface area contributed by atoms with Gasteiger partial charge >= 0.3 is 0 Å². The lowest BCUT2D eigenvalue weighted by Gasteiger charge is -2.05. The molecule has 1 aliphatic heterocycles. The second-order valence-electron chi connectivity index (χ2n) is 2.00. The summed E-state index contributed by atoms with van der Waals surface area (Å²) >= 11 is 5.55. The van der Waals surface area contributed by atoms with E-state index in [0.29, 0.717) is 11.1 Å². The summed E-state index contributed by atoms with van der Waals surface area (Å²) < 4.78 is 0. The summed E-state index contributed by atoms with van der Waals surface area (Å²) in [5, 5.41) is 0.628. The van der Waals surface area contributed by atoms with Gasteiger partial charge in [0, 0.05) is 6.54 Å². The van der Waals surface area contributed by atoms with Crippen LogP contribution in [0.15, 0.2) is 17.1 Å². The van der Waals surface area contributed by atoms with E-state index in [0.717, 1.165) is 6.54 Å². The molecule has 0 saturated heterocycles. The first-order valence-corrected chi connectivity index (χ1v) is 3.05. The van der Waals surface area contributed by atoms with Crippen LogP contribution in [-0.2, 0) is 0 Å². The van der Waals surface area contributed by atoms with Gasteiger partial charge in [-0.15, -0.1) is 0 Å². The number of allylic oxidation sites excluding steroid dienone is 1. The molecular weight excluding hydrogens is 122 g/mol. The molecular formula is C6H8ClN. The predicted octanol–water partition coefficient (Wildman–Crippen LogP) is 1.83. The molecule has 1 heterocycles. The van der Waals surface area contributed by atoms with E-state index in [4.69, 9.17) is 11.6 Å². The van der Waals surface area contributed by atoms with Crippen LogP contribution in [0, 0.1) is 5.92 Å². The fraction of sp³-hybridized carbons (Fsp3) is 0.500. The van der Waals surface area contributed by atoms with Crippen LogP contribution in [-0.4, -0.2) is 11.7 Å². The largest absolute Gasteiger partial charge is 0.273 e. The Morgan fingerprint density at radius 1 is 1.88 bits per heavy atom. The first-order valence-electron chi connectivity index (χ1n) is 2.67. The maximum absolute atomic E-state index is 5.55. The Kier molecular flexibility index (Phi) is 1.69. The fourth-order valence-electron chi connectivity index (χ4n) is 0.588. The van der Waals surface area contributed by atoms with Crippen molar-refractivity contribution in [2.75, 3.05) is 6.54 Å². The van der Waals surface area contributed by atoms with Gasteiger partial charge in [-0.25, -0.2) is 0 Å². The SMILES string of the molecule is CC1C=CC(Cl)=NC1. The van der Waals surface area contributed by atoms with Crippen LogP contribution in [0.2, 0.25) is 0 Å². The average molecular weight is 130 g/mol. The van der Waals surface area contributed by atoms with Crippen molar-refractivity contribution in [1.29, 1.82) is 0 Å². The minimum absolute atomic E-state index is 0.567. The smallest absolute Gasteiger partial charge is 0.123 e. The lowest BCUT2D eigenvalue weighted by Crippen LogP contribution is -2.01. The highest BCUT2D eigenvalue weighted by Crippen LogP contribution is 2.05. The van der Waals surface area contributed by atoms with Crippen molar-refractivity contribution in [3.05, 3.63) is 12.2 Å². The summed E-state index contributed by atoms with van der Waals surface area (Å²) in [5.74, 6) is 0.567. The highest BCUT2D eigenvalue weighted by Gasteiger charge is 2.00. The molecule has 2 heteroatoms. The highest BCUT2D eigenvalue weighted by molar-refractivity contribution is 6.68. The molecule has 0 aromatic rings. The molecule has 44 valence electrons. The third-order valence-electron chi connectivity index (χ3n) is 1.09. The van der Waals surface area contributed by atoms with Gasteiger partial charge in [0.1, 0.15) is 5.17 Å². The predicted molar refractivity (Wildman–Crippen MR) is 36.5 cm³/mol. The molecule has 1 nitrogen and oxygen atoms in total. The van der Waals surface area contributed by atoms with Crippen molar-refractivity contribution in [1.82, 2.24) is 0 Å². The Hall–Kier alpha value is -0.300. The van der Waals surface area contributed by atoms with Gasteiger partial charge in [-0.2, -0.15) is 0 Å². The van der Waals surface area contributed by atoms with Crippen LogP contribution < -0.4 is 0 Å². The van der Waals surface area contributed by atoms with Crippen molar-refractivity contribution in [3.63, 3.8) is 0 Å². The van der Waals surface area contributed by atoms with Gasteiger partial charge in [-0.05, 0) is 12.0 Å². The van der Waals surface area contributed by atoms with Crippen molar-refractivity contribution >= 4 is 16.8 Å². The number of halogens is 1. The summed E-state index contributed by atoms with van der Waals surface area (Å²) in [5.41, 5.74) is 0. The molecule has 1 rings (SSSR count). The fourth-order valence-corrected chi connectivity index (χ4v) is 0.730. The standard InChI is InChI=1S/C6H8ClN/c1-5-2-3-6(7)8-4-5/h2-3,5H,4H2,1H3. The minimum Gasteiger partial charge on any atom is -0.273 e. The summed E-state index contributed by atoms with van der Waals surface area (Å²) in [6.45, 7) is 2.96. The second-order valence-corrected chi connectivity index (χ2v) is 2.39. The zero-order valence-electron chi connectivity index (χ0n) is 4.76. The number of hydrogen-bond donors (Lipinski definition) is 0. The van der Waals surface area contributed by atoms with Gasteiger partial charge < -0.3 is 0 Å². The molecule has 1 atom stereocenters. The normalized spacial score (nSPS) is 27.8. The van der Waals surface area contributed by atoms with Gasteiger partial charge in [0.15, 0.2) is 0 Å². The van der Waals surface area contributed by atoms with Crippen LogP contribution in [0.3, 0.4) is 0 Å². The van der Waals surface area contributed by atoms with Gasteiger partial charge in [0.25, 0.3) is 0 Å². The summed E-state index contributed by atoms with van der Waals surface area (Å²) in [7, 11) is 0. The molecule has 0 amide bonds. The third kappa shape index (κ3) is 1.34. The first kappa shape index (κ1) is 5.83. The van der Waals surface area contributed by atoms with Gasteiger partial charge in [-0.3, -0.25) is 4.99 Å². The Morgan fingerprint density at radius 2 is 2.62 bits per heavy atom. The number of aliphatic imine (C=N–C) groups is 1. The summed E-state index contributed by atoms with van der Waals surface area (Å²) in [6, 6.07) is 0. The van der Waals surface area contributed by atoms with Gasteiger partial charge in [0.05, 0.1) is 0 Å². The zero-order valence-corrected chi connectivity index (χ0v) is 5.52. The Morgan fingerprint density at radius 3 is 3.00 bits per heavy atom. The quantitative estimate of drug-likeness (QED) is 0.473. The van der Waals surface area contributed by atoms with Crippen molar-refractivity contribution in [2.24, 2.45) is 10.9 Å². The molecule has 0 N–H and O–H groups in total. The molecule has 0 saturated carbocycles. The molecule has 0 fully saturated rings. The van der Waals surface area contributed by atoms with Crippen LogP contribution in [0.1, 0.15) is 6.92 Å². The molecule has 0 aliphatic carbocycles. The number of hydrogen-bond acceptors (Lipinski definition) is 1. The van der Waals surface area contributed by atoms with E-state index in [1.165, 1.54) is 0 Å².